The van der Waals surface area contributed by atoms with Gasteiger partial charge in [0.25, 0.3) is 0 Å². The molecule has 1 amide bonds. The number of carbonyl (C=O) groups is 1. The number of fused-ring (bicyclic) bond motifs is 4. The molecular formula is C30H30N2O2S2. The zero-order valence-corrected chi connectivity index (χ0v) is 22.5. The van der Waals surface area contributed by atoms with Crippen LogP contribution in [0, 0.1) is 0 Å². The van der Waals surface area contributed by atoms with Gasteiger partial charge < -0.3 is 10.1 Å². The molecule has 0 bridgehead atoms. The van der Waals surface area contributed by atoms with Crippen molar-refractivity contribution in [3.63, 3.8) is 0 Å². The Morgan fingerprint density at radius 1 is 1.14 bits per heavy atom. The Balaban J connectivity index is 1.61. The number of allylic oxidation sites excluding steroid dienone is 2. The average Bonchev–Trinajstić information content (AvgIpc) is 3.44. The maximum Gasteiger partial charge on any atom is 0.232 e. The Kier molecular flexibility index (Phi) is 7.44. The molecule has 0 saturated carbocycles. The number of nitrogens with zero attached hydrogens (tertiary/aromatic N) is 1. The minimum Gasteiger partial charge on any atom is -0.494 e. The van der Waals surface area contributed by atoms with Crippen LogP contribution >= 0.6 is 23.1 Å². The summed E-state index contributed by atoms with van der Waals surface area (Å²) in [6.45, 7) is 7.44. The van der Waals surface area contributed by atoms with Crippen LogP contribution in [-0.4, -0.2) is 24.0 Å². The van der Waals surface area contributed by atoms with Gasteiger partial charge in [-0.25, -0.2) is 4.98 Å². The van der Waals surface area contributed by atoms with E-state index in [0.29, 0.717) is 13.2 Å². The van der Waals surface area contributed by atoms with E-state index in [4.69, 9.17) is 9.72 Å². The van der Waals surface area contributed by atoms with Crippen molar-refractivity contribution in [3.8, 4) is 16.9 Å². The highest BCUT2D eigenvalue weighted by atomic mass is 32.2. The van der Waals surface area contributed by atoms with Gasteiger partial charge in [0.1, 0.15) is 5.75 Å². The summed E-state index contributed by atoms with van der Waals surface area (Å²) in [5.41, 5.74) is 6.65. The zero-order valence-electron chi connectivity index (χ0n) is 20.8. The van der Waals surface area contributed by atoms with Crippen LogP contribution in [-0.2, 0) is 11.2 Å². The highest BCUT2D eigenvalue weighted by Crippen LogP contribution is 2.51. The van der Waals surface area contributed by atoms with E-state index in [1.165, 1.54) is 5.56 Å². The first-order chi connectivity index (χ1) is 17.6. The molecule has 0 aliphatic heterocycles. The van der Waals surface area contributed by atoms with Gasteiger partial charge in [0, 0.05) is 17.0 Å². The average molecular weight is 515 g/mol. The highest BCUT2D eigenvalue weighted by Gasteiger charge is 2.35. The summed E-state index contributed by atoms with van der Waals surface area (Å²) < 4.78 is 7.78. The lowest BCUT2D eigenvalue weighted by Crippen LogP contribution is -2.29. The van der Waals surface area contributed by atoms with Crippen molar-refractivity contribution < 1.29 is 9.53 Å². The minimum absolute atomic E-state index is 0.0747. The maximum absolute atomic E-state index is 13.4. The fourth-order valence-corrected chi connectivity index (χ4v) is 7.02. The molecule has 184 valence electrons. The Hall–Kier alpha value is -3.09. The van der Waals surface area contributed by atoms with Gasteiger partial charge in [-0.1, -0.05) is 61.2 Å². The predicted octanol–water partition coefficient (Wildman–Crippen LogP) is 7.60. The number of hydrogen-bond acceptors (Lipinski definition) is 5. The molecule has 0 spiro atoms. The molecule has 4 nitrogen and oxygen atoms in total. The summed E-state index contributed by atoms with van der Waals surface area (Å²) in [7, 11) is 0. The molecule has 1 N–H and O–H groups in total. The van der Waals surface area contributed by atoms with Crippen molar-refractivity contribution in [1.82, 2.24) is 10.3 Å². The summed E-state index contributed by atoms with van der Waals surface area (Å²) >= 11 is 3.37. The molecular weight excluding hydrogens is 484 g/mol. The fraction of sp³-hybridized carbons (Fsp3) is 0.267. The normalized spacial score (nSPS) is 14.2. The number of thiazole rings is 1. The van der Waals surface area contributed by atoms with E-state index >= 15 is 0 Å². The molecule has 5 rings (SSSR count). The number of carbonyl (C=O) groups excluding carboxylic acids is 1. The second-order valence-corrected chi connectivity index (χ2v) is 11.1. The van der Waals surface area contributed by atoms with Gasteiger partial charge in [0.15, 0.2) is 4.34 Å². The molecule has 1 aliphatic rings. The van der Waals surface area contributed by atoms with Gasteiger partial charge in [0.2, 0.25) is 5.91 Å². The molecule has 1 unspecified atom stereocenters. The van der Waals surface area contributed by atoms with E-state index in [0.717, 1.165) is 60.3 Å². The second-order valence-electron chi connectivity index (χ2n) is 8.79. The first-order valence-corrected chi connectivity index (χ1v) is 14.1. The quantitative estimate of drug-likeness (QED) is 0.234. The second kappa shape index (κ2) is 10.9. The Labute approximate surface area is 220 Å². The van der Waals surface area contributed by atoms with E-state index in [1.54, 1.807) is 23.1 Å². The number of nitrogens with one attached hydrogen (secondary N) is 1. The number of benzene rings is 3. The van der Waals surface area contributed by atoms with Gasteiger partial charge in [-0.3, -0.25) is 4.79 Å². The van der Waals surface area contributed by atoms with Crippen molar-refractivity contribution in [1.29, 1.82) is 0 Å². The first kappa shape index (κ1) is 24.6. The third kappa shape index (κ3) is 4.80. The molecule has 0 saturated heterocycles. The summed E-state index contributed by atoms with van der Waals surface area (Å²) in [4.78, 5) is 19.4. The lowest BCUT2D eigenvalue weighted by molar-refractivity contribution is -0.121. The highest BCUT2D eigenvalue weighted by molar-refractivity contribution is 8.01. The van der Waals surface area contributed by atoms with Crippen molar-refractivity contribution in [3.05, 3.63) is 83.4 Å². The van der Waals surface area contributed by atoms with Gasteiger partial charge in [-0.2, -0.15) is 0 Å². The van der Waals surface area contributed by atoms with Crippen LogP contribution in [0.15, 0.2) is 76.0 Å². The smallest absolute Gasteiger partial charge is 0.232 e. The standard InChI is InChI=1S/C30H30N2O2S2/c1-4-7-10-19-16-23-27(21-11-8-9-12-22(21)28(23)29(33)31-15-5-2)26(17-19)36-30-32-24-14-13-20(34-6-3)18-25(24)35-30/h4,7-9,11-14,16-18,28H,5-6,10,15H2,1-3H3,(H,31,33). The van der Waals surface area contributed by atoms with Gasteiger partial charge in [-0.15, -0.1) is 11.3 Å². The van der Waals surface area contributed by atoms with Crippen molar-refractivity contribution in [2.45, 2.75) is 48.8 Å². The van der Waals surface area contributed by atoms with Crippen LogP contribution in [0.25, 0.3) is 21.3 Å². The molecule has 1 heterocycles. The first-order valence-electron chi connectivity index (χ1n) is 12.5. The monoisotopic (exact) mass is 514 g/mol. The van der Waals surface area contributed by atoms with Crippen LogP contribution < -0.4 is 10.1 Å². The topological polar surface area (TPSA) is 51.2 Å². The van der Waals surface area contributed by atoms with Gasteiger partial charge in [0.05, 0.1) is 22.7 Å². The number of ether oxygens (including phenoxy) is 1. The molecule has 0 fully saturated rings. The zero-order chi connectivity index (χ0) is 25.1. The summed E-state index contributed by atoms with van der Waals surface area (Å²) in [5, 5.41) is 3.14. The fourth-order valence-electron chi connectivity index (χ4n) is 4.72. The number of amides is 1. The summed E-state index contributed by atoms with van der Waals surface area (Å²) in [6.07, 6.45) is 5.98. The lowest BCUT2D eigenvalue weighted by Gasteiger charge is -2.15. The van der Waals surface area contributed by atoms with Gasteiger partial charge >= 0.3 is 0 Å². The van der Waals surface area contributed by atoms with Crippen molar-refractivity contribution in [2.24, 2.45) is 0 Å². The van der Waals surface area contributed by atoms with E-state index < -0.39 is 0 Å². The van der Waals surface area contributed by atoms with Crippen LogP contribution in [0.5, 0.6) is 5.75 Å². The number of aromatic nitrogens is 1. The Morgan fingerprint density at radius 3 is 2.81 bits per heavy atom. The summed E-state index contributed by atoms with van der Waals surface area (Å²) in [5.74, 6) is 0.650. The third-order valence-corrected chi connectivity index (χ3v) is 8.41. The minimum atomic E-state index is -0.295. The van der Waals surface area contributed by atoms with Crippen LogP contribution in [0.2, 0.25) is 0 Å². The van der Waals surface area contributed by atoms with E-state index in [2.05, 4.69) is 60.8 Å². The number of hydrogen-bond donors (Lipinski definition) is 1. The SMILES string of the molecule is CC=CCc1cc(Sc2nc3ccc(OCC)cc3s2)c2c(c1)C(C(=O)NCCC)c1ccccc1-2. The Morgan fingerprint density at radius 2 is 2.00 bits per heavy atom. The van der Waals surface area contributed by atoms with Gasteiger partial charge in [-0.05, 0) is 73.2 Å². The maximum atomic E-state index is 13.4. The van der Waals surface area contributed by atoms with E-state index in [-0.39, 0.29) is 11.8 Å². The molecule has 4 aromatic rings. The van der Waals surface area contributed by atoms with Crippen molar-refractivity contribution >= 4 is 39.2 Å². The largest absolute Gasteiger partial charge is 0.494 e. The molecule has 36 heavy (non-hydrogen) atoms. The third-order valence-electron chi connectivity index (χ3n) is 6.29. The predicted molar refractivity (Wildman–Crippen MR) is 150 cm³/mol. The Bertz CT molecular complexity index is 1440. The van der Waals surface area contributed by atoms with Crippen LogP contribution in [0.1, 0.15) is 49.8 Å². The molecule has 1 aliphatic carbocycles. The molecule has 1 atom stereocenters. The molecule has 0 radical (unpaired) electrons. The van der Waals surface area contributed by atoms with E-state index in [1.807, 2.05) is 32.0 Å². The molecule has 3 aromatic carbocycles. The van der Waals surface area contributed by atoms with Crippen LogP contribution in [0.3, 0.4) is 0 Å². The molecule has 6 heteroatoms. The number of rotatable bonds is 9. The van der Waals surface area contributed by atoms with Crippen molar-refractivity contribution in [2.75, 3.05) is 13.2 Å². The lowest BCUT2D eigenvalue weighted by atomic mass is 9.94. The summed E-state index contributed by atoms with van der Waals surface area (Å²) in [6, 6.07) is 18.9. The van der Waals surface area contributed by atoms with Crippen LogP contribution in [0.4, 0.5) is 0 Å². The molecule has 1 aromatic heterocycles. The van der Waals surface area contributed by atoms with E-state index in [9.17, 15) is 4.79 Å².